The van der Waals surface area contributed by atoms with Crippen molar-refractivity contribution in [1.29, 1.82) is 0 Å². The third-order valence-electron chi connectivity index (χ3n) is 4.33. The van der Waals surface area contributed by atoms with Crippen LogP contribution in [0.1, 0.15) is 10.4 Å². The number of methoxy groups -OCH3 is 1. The molecule has 2 aromatic rings. The Kier molecular flexibility index (Phi) is 5.50. The highest BCUT2D eigenvalue weighted by atomic mass is 35.5. The van der Waals surface area contributed by atoms with E-state index in [-0.39, 0.29) is 23.9 Å². The van der Waals surface area contributed by atoms with E-state index in [9.17, 15) is 13.2 Å². The fraction of sp³-hybridized carbons (Fsp3) is 0.278. The van der Waals surface area contributed by atoms with Crippen molar-refractivity contribution in [3.8, 4) is 5.75 Å². The van der Waals surface area contributed by atoms with Gasteiger partial charge in [-0.3, -0.25) is 4.79 Å². The first-order valence-electron chi connectivity index (χ1n) is 8.11. The molecule has 26 heavy (non-hydrogen) atoms. The summed E-state index contributed by atoms with van der Waals surface area (Å²) in [6, 6.07) is 13.1. The van der Waals surface area contributed by atoms with Gasteiger partial charge in [0.05, 0.1) is 22.6 Å². The summed E-state index contributed by atoms with van der Waals surface area (Å²) in [7, 11) is -2.07. The summed E-state index contributed by atoms with van der Waals surface area (Å²) >= 11 is 6.08. The van der Waals surface area contributed by atoms with E-state index in [1.165, 1.54) is 23.5 Å². The number of nitrogens with zero attached hydrogens (tertiary/aromatic N) is 2. The third kappa shape index (κ3) is 3.70. The zero-order valence-corrected chi connectivity index (χ0v) is 15.8. The lowest BCUT2D eigenvalue weighted by atomic mass is 10.2. The van der Waals surface area contributed by atoms with Gasteiger partial charge < -0.3 is 9.64 Å². The van der Waals surface area contributed by atoms with Crippen molar-refractivity contribution in [3.05, 3.63) is 59.1 Å². The number of carbonyl (C=O) groups excluding carboxylic acids is 1. The summed E-state index contributed by atoms with van der Waals surface area (Å²) in [5, 5.41) is 0.394. The van der Waals surface area contributed by atoms with Gasteiger partial charge in [-0.05, 0) is 36.4 Å². The average molecular weight is 395 g/mol. The minimum absolute atomic E-state index is 0.183. The van der Waals surface area contributed by atoms with Crippen molar-refractivity contribution < 1.29 is 17.9 Å². The summed E-state index contributed by atoms with van der Waals surface area (Å²) in [5.41, 5.74) is 0.431. The second-order valence-corrected chi connectivity index (χ2v) is 8.20. The monoisotopic (exact) mass is 394 g/mol. The maximum Gasteiger partial charge on any atom is 0.255 e. The first kappa shape index (κ1) is 18.7. The van der Waals surface area contributed by atoms with E-state index < -0.39 is 10.0 Å². The third-order valence-corrected chi connectivity index (χ3v) is 6.57. The maximum absolute atomic E-state index is 12.7. The molecule has 0 N–H and O–H groups in total. The molecule has 0 saturated carbocycles. The highest BCUT2D eigenvalue weighted by molar-refractivity contribution is 7.89. The molecule has 8 heteroatoms. The Balaban J connectivity index is 1.69. The molecular weight excluding hydrogens is 376 g/mol. The van der Waals surface area contributed by atoms with Crippen molar-refractivity contribution in [3.63, 3.8) is 0 Å². The lowest BCUT2D eigenvalue weighted by Gasteiger charge is -2.34. The van der Waals surface area contributed by atoms with Gasteiger partial charge in [0.2, 0.25) is 10.0 Å². The summed E-state index contributed by atoms with van der Waals surface area (Å²) in [4.78, 5) is 14.4. The quantitative estimate of drug-likeness (QED) is 0.799. The fourth-order valence-electron chi connectivity index (χ4n) is 2.83. The second-order valence-electron chi connectivity index (χ2n) is 5.85. The molecule has 1 fully saturated rings. The van der Waals surface area contributed by atoms with Crippen molar-refractivity contribution in [2.45, 2.75) is 4.90 Å². The standard InChI is InChI=1S/C18H19ClN2O4S/c1-25-14-6-8-15(9-7-14)26(23,24)21-12-10-20(11-13-21)18(22)16-4-2-3-5-17(16)19/h2-9H,10-13H2,1H3. The largest absolute Gasteiger partial charge is 0.497 e. The molecule has 0 aromatic heterocycles. The molecule has 2 aromatic carbocycles. The van der Waals surface area contributed by atoms with Gasteiger partial charge in [-0.2, -0.15) is 4.31 Å². The Hall–Kier alpha value is -2.09. The molecule has 138 valence electrons. The molecule has 1 amide bonds. The molecule has 0 bridgehead atoms. The van der Waals surface area contributed by atoms with E-state index in [4.69, 9.17) is 16.3 Å². The van der Waals surface area contributed by atoms with E-state index >= 15 is 0 Å². The van der Waals surface area contributed by atoms with Crippen LogP contribution in [0.5, 0.6) is 5.75 Å². The molecule has 1 heterocycles. The predicted octanol–water partition coefficient (Wildman–Crippen LogP) is 2.50. The summed E-state index contributed by atoms with van der Waals surface area (Å²) in [5.74, 6) is 0.413. The van der Waals surface area contributed by atoms with E-state index in [0.29, 0.717) is 29.4 Å². The van der Waals surface area contributed by atoms with Crippen molar-refractivity contribution in [1.82, 2.24) is 9.21 Å². The Labute approximate surface area is 158 Å². The van der Waals surface area contributed by atoms with Gasteiger partial charge in [0.25, 0.3) is 5.91 Å². The molecule has 6 nitrogen and oxygen atoms in total. The molecule has 0 radical (unpaired) electrons. The van der Waals surface area contributed by atoms with Crippen LogP contribution in [0.3, 0.4) is 0 Å². The SMILES string of the molecule is COc1ccc(S(=O)(=O)N2CCN(C(=O)c3ccccc3Cl)CC2)cc1. The minimum atomic E-state index is -3.60. The number of ether oxygens (including phenoxy) is 1. The highest BCUT2D eigenvalue weighted by Gasteiger charge is 2.30. The van der Waals surface area contributed by atoms with Crippen LogP contribution in [-0.4, -0.2) is 56.8 Å². The van der Waals surface area contributed by atoms with Crippen LogP contribution in [0, 0.1) is 0 Å². The molecule has 0 spiro atoms. The molecule has 1 aliphatic rings. The van der Waals surface area contributed by atoms with Gasteiger partial charge in [-0.25, -0.2) is 8.42 Å². The zero-order valence-electron chi connectivity index (χ0n) is 14.3. The summed E-state index contributed by atoms with van der Waals surface area (Å²) in [6.07, 6.45) is 0. The maximum atomic E-state index is 12.7. The average Bonchev–Trinajstić information content (AvgIpc) is 2.68. The lowest BCUT2D eigenvalue weighted by molar-refractivity contribution is 0.0698. The molecule has 1 saturated heterocycles. The Morgan fingerprint density at radius 2 is 1.62 bits per heavy atom. The lowest BCUT2D eigenvalue weighted by Crippen LogP contribution is -2.50. The van der Waals surface area contributed by atoms with Crippen LogP contribution in [-0.2, 0) is 10.0 Å². The first-order valence-corrected chi connectivity index (χ1v) is 9.93. The van der Waals surface area contributed by atoms with Crippen molar-refractivity contribution in [2.24, 2.45) is 0 Å². The number of rotatable bonds is 4. The normalized spacial score (nSPS) is 15.7. The predicted molar refractivity (Wildman–Crippen MR) is 99.1 cm³/mol. The molecule has 0 unspecified atom stereocenters. The minimum Gasteiger partial charge on any atom is -0.497 e. The molecule has 1 aliphatic heterocycles. The van der Waals surface area contributed by atoms with Crippen LogP contribution in [0.15, 0.2) is 53.4 Å². The smallest absolute Gasteiger partial charge is 0.255 e. The zero-order chi connectivity index (χ0) is 18.7. The fourth-order valence-corrected chi connectivity index (χ4v) is 4.47. The number of piperazine rings is 1. The number of hydrogen-bond donors (Lipinski definition) is 0. The number of hydrogen-bond acceptors (Lipinski definition) is 4. The van der Waals surface area contributed by atoms with Gasteiger partial charge >= 0.3 is 0 Å². The van der Waals surface area contributed by atoms with Crippen LogP contribution in [0.4, 0.5) is 0 Å². The molecule has 3 rings (SSSR count). The molecule has 0 atom stereocenters. The number of benzene rings is 2. The topological polar surface area (TPSA) is 66.9 Å². The van der Waals surface area contributed by atoms with Gasteiger partial charge in [-0.15, -0.1) is 0 Å². The van der Waals surface area contributed by atoms with E-state index in [1.807, 2.05) is 0 Å². The number of carbonyl (C=O) groups is 1. The van der Waals surface area contributed by atoms with Crippen LogP contribution in [0.25, 0.3) is 0 Å². The van der Waals surface area contributed by atoms with Crippen LogP contribution < -0.4 is 4.74 Å². The van der Waals surface area contributed by atoms with Crippen molar-refractivity contribution >= 4 is 27.5 Å². The number of amides is 1. The Morgan fingerprint density at radius 3 is 2.19 bits per heavy atom. The number of halogens is 1. The van der Waals surface area contributed by atoms with E-state index in [2.05, 4.69) is 0 Å². The summed E-state index contributed by atoms with van der Waals surface area (Å²) < 4.78 is 31.9. The summed E-state index contributed by atoms with van der Waals surface area (Å²) in [6.45, 7) is 1.12. The highest BCUT2D eigenvalue weighted by Crippen LogP contribution is 2.22. The van der Waals surface area contributed by atoms with Crippen molar-refractivity contribution in [2.75, 3.05) is 33.3 Å². The first-order chi connectivity index (χ1) is 12.4. The van der Waals surface area contributed by atoms with E-state index in [1.54, 1.807) is 41.3 Å². The van der Waals surface area contributed by atoms with Gasteiger partial charge in [0.1, 0.15) is 5.75 Å². The second kappa shape index (κ2) is 7.65. The number of sulfonamides is 1. The van der Waals surface area contributed by atoms with E-state index in [0.717, 1.165) is 0 Å². The van der Waals surface area contributed by atoms with Gasteiger partial charge in [-0.1, -0.05) is 23.7 Å². The van der Waals surface area contributed by atoms with Crippen LogP contribution in [0.2, 0.25) is 5.02 Å². The van der Waals surface area contributed by atoms with Crippen LogP contribution >= 0.6 is 11.6 Å². The van der Waals surface area contributed by atoms with Gasteiger partial charge in [0, 0.05) is 26.2 Å². The van der Waals surface area contributed by atoms with Gasteiger partial charge in [0.15, 0.2) is 0 Å². The Morgan fingerprint density at radius 1 is 1.00 bits per heavy atom. The molecule has 0 aliphatic carbocycles. The molecular formula is C18H19ClN2O4S. The Bertz CT molecular complexity index is 892.